The first-order chi connectivity index (χ1) is 14.5. The number of rotatable bonds is 7. The summed E-state index contributed by atoms with van der Waals surface area (Å²) in [6.45, 7) is 5.91. The molecule has 0 spiro atoms. The third-order valence-corrected chi connectivity index (χ3v) is 4.07. The summed E-state index contributed by atoms with van der Waals surface area (Å²) < 4.78 is 11.4. The summed E-state index contributed by atoms with van der Waals surface area (Å²) in [4.78, 5) is 20.1. The number of hydrogen-bond donors (Lipinski definition) is 2. The van der Waals surface area contributed by atoms with E-state index >= 15 is 0 Å². The number of carbonyl (C=O) groups is 1. The number of methoxy groups -OCH3 is 2. The van der Waals surface area contributed by atoms with Gasteiger partial charge in [-0.15, -0.1) is 5.10 Å². The monoisotopic (exact) mass is 406 g/mol. The zero-order valence-electron chi connectivity index (χ0n) is 16.9. The third-order valence-electron chi connectivity index (χ3n) is 4.07. The standard InChI is InChI=1S/C21H22N6O3/c1-14(7-5-8-15(2)29-3)19-25-20(17-9-6-12-27(17)26-19)23-16-10-11-22-18(13-16)24-21(28)30-4/h5-13H,1H2,2-4H3,(H2,22,23,24,25,26,28)/b7-5-,15-8+. The predicted octanol–water partition coefficient (Wildman–Crippen LogP) is 4.17. The van der Waals surface area contributed by atoms with Crippen molar-refractivity contribution in [1.29, 1.82) is 0 Å². The minimum Gasteiger partial charge on any atom is -0.501 e. The predicted molar refractivity (Wildman–Crippen MR) is 115 cm³/mol. The lowest BCUT2D eigenvalue weighted by molar-refractivity contribution is 0.187. The van der Waals surface area contributed by atoms with Gasteiger partial charge in [0.25, 0.3) is 0 Å². The summed E-state index contributed by atoms with van der Waals surface area (Å²) >= 11 is 0. The molecular weight excluding hydrogens is 384 g/mol. The second-order valence-corrected chi connectivity index (χ2v) is 6.16. The number of allylic oxidation sites excluding steroid dienone is 5. The van der Waals surface area contributed by atoms with E-state index in [0.717, 1.165) is 11.3 Å². The van der Waals surface area contributed by atoms with E-state index < -0.39 is 6.09 Å². The molecule has 0 aliphatic rings. The molecule has 0 fully saturated rings. The van der Waals surface area contributed by atoms with Crippen LogP contribution in [-0.4, -0.2) is 39.9 Å². The van der Waals surface area contributed by atoms with E-state index in [4.69, 9.17) is 4.74 Å². The van der Waals surface area contributed by atoms with Crippen LogP contribution in [0.5, 0.6) is 0 Å². The van der Waals surface area contributed by atoms with Crippen molar-refractivity contribution in [3.63, 3.8) is 0 Å². The van der Waals surface area contributed by atoms with Gasteiger partial charge in [0, 0.05) is 29.7 Å². The average Bonchev–Trinajstić information content (AvgIpc) is 3.22. The van der Waals surface area contributed by atoms with Gasteiger partial charge in [0.2, 0.25) is 0 Å². The topological polar surface area (TPSA) is 103 Å². The van der Waals surface area contributed by atoms with E-state index in [2.05, 4.69) is 37.0 Å². The highest BCUT2D eigenvalue weighted by Crippen LogP contribution is 2.23. The molecule has 3 aromatic rings. The van der Waals surface area contributed by atoms with Gasteiger partial charge in [0.15, 0.2) is 11.6 Å². The Hall–Kier alpha value is -4.14. The number of pyridine rings is 1. The SMILES string of the molecule is C=C(/C=C\C=C(/C)OC)c1nc(Nc2ccnc(NC(=O)OC)c2)c2cccn2n1. The lowest BCUT2D eigenvalue weighted by Crippen LogP contribution is -2.12. The molecule has 0 saturated heterocycles. The molecular formula is C21H22N6O3. The van der Waals surface area contributed by atoms with Crippen LogP contribution in [0.1, 0.15) is 12.7 Å². The fourth-order valence-electron chi connectivity index (χ4n) is 2.47. The van der Waals surface area contributed by atoms with Crippen LogP contribution in [0.2, 0.25) is 0 Å². The van der Waals surface area contributed by atoms with Gasteiger partial charge in [0.05, 0.1) is 20.0 Å². The maximum Gasteiger partial charge on any atom is 0.412 e. The second kappa shape index (κ2) is 9.37. The maximum absolute atomic E-state index is 11.4. The quantitative estimate of drug-likeness (QED) is 0.448. The first kappa shape index (κ1) is 20.6. The van der Waals surface area contributed by atoms with Crippen molar-refractivity contribution in [3.8, 4) is 0 Å². The van der Waals surface area contributed by atoms with Crippen molar-refractivity contribution in [3.05, 3.63) is 73.0 Å². The van der Waals surface area contributed by atoms with Crippen LogP contribution in [0, 0.1) is 0 Å². The minimum absolute atomic E-state index is 0.347. The largest absolute Gasteiger partial charge is 0.501 e. The molecule has 3 rings (SSSR count). The van der Waals surface area contributed by atoms with Crippen molar-refractivity contribution in [1.82, 2.24) is 19.6 Å². The van der Waals surface area contributed by atoms with E-state index in [1.807, 2.05) is 43.5 Å². The molecule has 0 saturated carbocycles. The number of hydrogen-bond acceptors (Lipinski definition) is 7. The number of anilines is 3. The van der Waals surface area contributed by atoms with E-state index in [9.17, 15) is 4.79 Å². The number of nitrogens with zero attached hydrogens (tertiary/aromatic N) is 4. The smallest absolute Gasteiger partial charge is 0.412 e. The molecule has 0 atom stereocenters. The normalized spacial score (nSPS) is 11.5. The summed E-state index contributed by atoms with van der Waals surface area (Å²) in [5.74, 6) is 2.17. The summed E-state index contributed by atoms with van der Waals surface area (Å²) in [5.41, 5.74) is 2.10. The highest BCUT2D eigenvalue weighted by atomic mass is 16.5. The zero-order chi connectivity index (χ0) is 21.5. The van der Waals surface area contributed by atoms with Gasteiger partial charge in [-0.25, -0.2) is 19.3 Å². The molecule has 30 heavy (non-hydrogen) atoms. The maximum atomic E-state index is 11.4. The van der Waals surface area contributed by atoms with Crippen LogP contribution < -0.4 is 10.6 Å². The Bertz CT molecular complexity index is 1130. The van der Waals surface area contributed by atoms with E-state index in [1.165, 1.54) is 7.11 Å². The van der Waals surface area contributed by atoms with Crippen LogP contribution in [0.4, 0.5) is 22.1 Å². The summed E-state index contributed by atoms with van der Waals surface area (Å²) in [7, 11) is 2.90. The van der Waals surface area contributed by atoms with Crippen LogP contribution in [0.3, 0.4) is 0 Å². The first-order valence-electron chi connectivity index (χ1n) is 9.02. The summed E-state index contributed by atoms with van der Waals surface area (Å²) in [6.07, 6.45) is 8.25. The fourth-order valence-corrected chi connectivity index (χ4v) is 2.47. The Morgan fingerprint density at radius 1 is 1.27 bits per heavy atom. The van der Waals surface area contributed by atoms with E-state index in [0.29, 0.717) is 28.7 Å². The van der Waals surface area contributed by atoms with Crippen LogP contribution in [0.15, 0.2) is 67.2 Å². The van der Waals surface area contributed by atoms with Gasteiger partial charge in [-0.3, -0.25) is 5.32 Å². The highest BCUT2D eigenvalue weighted by Gasteiger charge is 2.10. The molecule has 9 heteroatoms. The van der Waals surface area contributed by atoms with Crippen molar-refractivity contribution in [2.24, 2.45) is 0 Å². The lowest BCUT2D eigenvalue weighted by atomic mass is 10.2. The van der Waals surface area contributed by atoms with Gasteiger partial charge in [-0.2, -0.15) is 0 Å². The van der Waals surface area contributed by atoms with Gasteiger partial charge in [-0.1, -0.05) is 18.7 Å². The number of fused-ring (bicyclic) bond motifs is 1. The molecule has 2 N–H and O–H groups in total. The van der Waals surface area contributed by atoms with Crippen molar-refractivity contribution in [2.75, 3.05) is 24.9 Å². The summed E-state index contributed by atoms with van der Waals surface area (Å²) in [5, 5.41) is 10.3. The molecule has 154 valence electrons. The molecule has 0 bridgehead atoms. The van der Waals surface area contributed by atoms with Crippen LogP contribution >= 0.6 is 0 Å². The summed E-state index contributed by atoms with van der Waals surface area (Å²) in [6, 6.07) is 7.20. The molecule has 3 aromatic heterocycles. The Labute approximate surface area is 173 Å². The molecule has 0 radical (unpaired) electrons. The Morgan fingerprint density at radius 2 is 2.10 bits per heavy atom. The third kappa shape index (κ3) is 5.02. The number of aromatic nitrogens is 4. The van der Waals surface area contributed by atoms with Crippen molar-refractivity contribution in [2.45, 2.75) is 6.92 Å². The van der Waals surface area contributed by atoms with E-state index in [-0.39, 0.29) is 0 Å². The van der Waals surface area contributed by atoms with Crippen molar-refractivity contribution >= 4 is 34.5 Å². The van der Waals surface area contributed by atoms with Gasteiger partial charge < -0.3 is 14.8 Å². The average molecular weight is 406 g/mol. The molecule has 0 aliphatic heterocycles. The Balaban J connectivity index is 1.89. The van der Waals surface area contributed by atoms with Gasteiger partial charge in [0.1, 0.15) is 11.3 Å². The Morgan fingerprint density at radius 3 is 2.87 bits per heavy atom. The second-order valence-electron chi connectivity index (χ2n) is 6.16. The van der Waals surface area contributed by atoms with Crippen LogP contribution in [0.25, 0.3) is 11.1 Å². The number of amides is 1. The Kier molecular flexibility index (Phi) is 6.43. The van der Waals surface area contributed by atoms with Gasteiger partial charge in [-0.05, 0) is 31.2 Å². The fraction of sp³-hybridized carbons (Fsp3) is 0.143. The van der Waals surface area contributed by atoms with Gasteiger partial charge >= 0.3 is 6.09 Å². The molecule has 1 amide bonds. The molecule has 3 heterocycles. The number of ether oxygens (including phenoxy) is 2. The lowest BCUT2D eigenvalue weighted by Gasteiger charge is -2.11. The first-order valence-corrected chi connectivity index (χ1v) is 9.02. The molecule has 0 aromatic carbocycles. The molecule has 9 nitrogen and oxygen atoms in total. The minimum atomic E-state index is -0.598. The number of carbonyl (C=O) groups excluding carboxylic acids is 1. The van der Waals surface area contributed by atoms with Crippen LogP contribution in [-0.2, 0) is 9.47 Å². The number of nitrogens with one attached hydrogen (secondary N) is 2. The molecule has 0 unspecified atom stereocenters. The van der Waals surface area contributed by atoms with Crippen molar-refractivity contribution < 1.29 is 14.3 Å². The highest BCUT2D eigenvalue weighted by molar-refractivity contribution is 5.84. The van der Waals surface area contributed by atoms with E-state index in [1.54, 1.807) is 30.0 Å². The zero-order valence-corrected chi connectivity index (χ0v) is 16.9. The molecule has 0 aliphatic carbocycles.